The fraction of sp³-hybridized carbons (Fsp3) is 0.500. The molecule has 0 amide bonds. The van der Waals surface area contributed by atoms with Gasteiger partial charge >= 0.3 is 0 Å². The van der Waals surface area contributed by atoms with Gasteiger partial charge in [0.15, 0.2) is 0 Å². The lowest BCUT2D eigenvalue weighted by atomic mass is 10.1. The third-order valence-corrected chi connectivity index (χ3v) is 5.61. The largest absolute Gasteiger partial charge is 0.397 e. The van der Waals surface area contributed by atoms with Gasteiger partial charge < -0.3 is 10.8 Å². The highest BCUT2D eigenvalue weighted by Crippen LogP contribution is 2.29. The van der Waals surface area contributed by atoms with E-state index < -0.39 is 16.1 Å². The van der Waals surface area contributed by atoms with Crippen LogP contribution in [0.2, 0.25) is 5.02 Å². The summed E-state index contributed by atoms with van der Waals surface area (Å²) in [7, 11) is -3.62. The van der Waals surface area contributed by atoms with E-state index >= 15 is 0 Å². The second-order valence-corrected chi connectivity index (χ2v) is 7.12. The molecule has 0 bridgehead atoms. The molecule has 0 saturated carbocycles. The molecule has 1 aliphatic rings. The molecule has 106 valence electrons. The maximum atomic E-state index is 12.5. The van der Waals surface area contributed by atoms with Gasteiger partial charge in [0.25, 0.3) is 0 Å². The van der Waals surface area contributed by atoms with Crippen molar-refractivity contribution in [3.63, 3.8) is 0 Å². The number of piperidine rings is 1. The summed E-state index contributed by atoms with van der Waals surface area (Å²) in [6.45, 7) is 2.26. The molecule has 2 rings (SSSR count). The normalized spacial score (nSPS) is 21.5. The van der Waals surface area contributed by atoms with Crippen LogP contribution < -0.4 is 5.73 Å². The molecule has 0 spiro atoms. The molecule has 3 N–H and O–H groups in total. The molecule has 0 aromatic heterocycles. The molecule has 0 radical (unpaired) electrons. The van der Waals surface area contributed by atoms with Crippen LogP contribution in [-0.4, -0.2) is 37.0 Å². The lowest BCUT2D eigenvalue weighted by Crippen LogP contribution is -2.42. The van der Waals surface area contributed by atoms with Gasteiger partial charge in [0.1, 0.15) is 0 Å². The molecule has 1 saturated heterocycles. The Balaban J connectivity index is 2.39. The van der Waals surface area contributed by atoms with Crippen LogP contribution in [0.5, 0.6) is 0 Å². The lowest BCUT2D eigenvalue weighted by molar-refractivity contribution is 0.108. The van der Waals surface area contributed by atoms with Gasteiger partial charge in [0.2, 0.25) is 10.0 Å². The monoisotopic (exact) mass is 304 g/mol. The zero-order valence-electron chi connectivity index (χ0n) is 10.6. The average Bonchev–Trinajstić information content (AvgIpc) is 2.35. The number of hydrogen-bond donors (Lipinski definition) is 2. The zero-order valence-corrected chi connectivity index (χ0v) is 12.2. The highest BCUT2D eigenvalue weighted by Gasteiger charge is 2.30. The molecule has 1 aromatic carbocycles. The Morgan fingerprint density at radius 2 is 2.16 bits per heavy atom. The topological polar surface area (TPSA) is 83.6 Å². The molecule has 5 nitrogen and oxygen atoms in total. The molecule has 1 fully saturated rings. The summed E-state index contributed by atoms with van der Waals surface area (Å²) in [5, 5.41) is 9.96. The second kappa shape index (κ2) is 5.28. The molecule has 1 heterocycles. The van der Waals surface area contributed by atoms with Gasteiger partial charge in [0, 0.05) is 13.1 Å². The van der Waals surface area contributed by atoms with Gasteiger partial charge in [-0.2, -0.15) is 4.31 Å². The number of nitrogens with zero attached hydrogens (tertiary/aromatic N) is 1. The Kier molecular flexibility index (Phi) is 4.06. The second-order valence-electron chi connectivity index (χ2n) is 4.80. The third kappa shape index (κ3) is 2.86. The predicted molar refractivity (Wildman–Crippen MR) is 74.6 cm³/mol. The van der Waals surface area contributed by atoms with E-state index in [-0.39, 0.29) is 17.1 Å². The Bertz CT molecular complexity index is 566. The van der Waals surface area contributed by atoms with Crippen molar-refractivity contribution < 1.29 is 13.5 Å². The lowest BCUT2D eigenvalue weighted by Gasteiger charge is -2.29. The van der Waals surface area contributed by atoms with Gasteiger partial charge in [-0.15, -0.1) is 0 Å². The Hall–Kier alpha value is -0.820. The first-order chi connectivity index (χ1) is 8.82. The van der Waals surface area contributed by atoms with Crippen LogP contribution in [-0.2, 0) is 10.0 Å². The number of β-amino-alcohol motifs (C(OH)–C–C–N with tert-alkyl or cyclic N) is 1. The van der Waals surface area contributed by atoms with Crippen LogP contribution in [0, 0.1) is 6.92 Å². The maximum Gasteiger partial charge on any atom is 0.243 e. The van der Waals surface area contributed by atoms with Crippen molar-refractivity contribution in [1.82, 2.24) is 4.31 Å². The van der Waals surface area contributed by atoms with Crippen LogP contribution in [0.25, 0.3) is 0 Å². The van der Waals surface area contributed by atoms with Gasteiger partial charge in [-0.1, -0.05) is 11.6 Å². The number of anilines is 1. The Morgan fingerprint density at radius 1 is 1.47 bits per heavy atom. The first-order valence-corrected chi connectivity index (χ1v) is 7.88. The van der Waals surface area contributed by atoms with Gasteiger partial charge in [-0.25, -0.2) is 8.42 Å². The zero-order chi connectivity index (χ0) is 14.2. The van der Waals surface area contributed by atoms with Gasteiger partial charge in [-0.05, 0) is 37.5 Å². The maximum absolute atomic E-state index is 12.5. The van der Waals surface area contributed by atoms with E-state index in [9.17, 15) is 13.5 Å². The smallest absolute Gasteiger partial charge is 0.243 e. The molecule has 1 aromatic rings. The summed E-state index contributed by atoms with van der Waals surface area (Å²) in [5.74, 6) is 0. The van der Waals surface area contributed by atoms with Crippen molar-refractivity contribution in [2.24, 2.45) is 0 Å². The van der Waals surface area contributed by atoms with Crippen molar-refractivity contribution in [1.29, 1.82) is 0 Å². The molecule has 0 aliphatic carbocycles. The van der Waals surface area contributed by atoms with Crippen molar-refractivity contribution in [3.8, 4) is 0 Å². The number of nitrogens with two attached hydrogens (primary N) is 1. The summed E-state index contributed by atoms with van der Waals surface area (Å²) in [5.41, 5.74) is 6.58. The molecule has 7 heteroatoms. The third-order valence-electron chi connectivity index (χ3n) is 3.25. The Morgan fingerprint density at radius 3 is 2.74 bits per heavy atom. The molecule has 0 unspecified atom stereocenters. The van der Waals surface area contributed by atoms with E-state index in [1.54, 1.807) is 6.92 Å². The molecular weight excluding hydrogens is 288 g/mol. The molecular formula is C12H17ClN2O3S. The number of aliphatic hydroxyl groups excluding tert-OH is 1. The van der Waals surface area contributed by atoms with E-state index in [1.807, 2.05) is 0 Å². The number of nitrogen functional groups attached to an aromatic ring is 1. The van der Waals surface area contributed by atoms with Crippen LogP contribution in [0.1, 0.15) is 18.4 Å². The molecule has 1 atom stereocenters. The summed E-state index contributed by atoms with van der Waals surface area (Å²) in [6, 6.07) is 2.88. The molecule has 1 aliphatic heterocycles. The van der Waals surface area contributed by atoms with Crippen molar-refractivity contribution >= 4 is 27.3 Å². The first-order valence-electron chi connectivity index (χ1n) is 6.06. The number of halogens is 1. The van der Waals surface area contributed by atoms with Gasteiger partial charge in [-0.3, -0.25) is 0 Å². The fourth-order valence-corrected chi connectivity index (χ4v) is 3.95. The standard InChI is InChI=1S/C12H17ClN2O3S/c1-8-5-10(6-11(14)12(8)13)19(17,18)15-4-2-3-9(16)7-15/h5-6,9,16H,2-4,7,14H2,1H3/t9-/m0/s1. The summed E-state index contributed by atoms with van der Waals surface area (Å²) >= 11 is 5.94. The van der Waals surface area contributed by atoms with E-state index in [0.717, 1.165) is 0 Å². The van der Waals surface area contributed by atoms with E-state index in [1.165, 1.54) is 16.4 Å². The van der Waals surface area contributed by atoms with Crippen LogP contribution in [0.15, 0.2) is 17.0 Å². The summed E-state index contributed by atoms with van der Waals surface area (Å²) in [6.07, 6.45) is 0.685. The minimum absolute atomic E-state index is 0.126. The van der Waals surface area contributed by atoms with Crippen LogP contribution in [0.3, 0.4) is 0 Å². The fourth-order valence-electron chi connectivity index (χ4n) is 2.20. The number of benzene rings is 1. The number of aliphatic hydroxyl groups is 1. The Labute approximate surface area is 118 Å². The predicted octanol–water partition coefficient (Wildman–Crippen LogP) is 1.38. The van der Waals surface area contributed by atoms with E-state index in [0.29, 0.717) is 30.0 Å². The van der Waals surface area contributed by atoms with E-state index in [4.69, 9.17) is 17.3 Å². The quantitative estimate of drug-likeness (QED) is 0.809. The number of hydrogen-bond acceptors (Lipinski definition) is 4. The van der Waals surface area contributed by atoms with Gasteiger partial charge in [0.05, 0.1) is 21.7 Å². The molecule has 19 heavy (non-hydrogen) atoms. The number of rotatable bonds is 2. The number of sulfonamides is 1. The van der Waals surface area contributed by atoms with Crippen molar-refractivity contribution in [3.05, 3.63) is 22.7 Å². The minimum atomic E-state index is -3.62. The summed E-state index contributed by atoms with van der Waals surface area (Å²) in [4.78, 5) is 0.126. The average molecular weight is 305 g/mol. The number of aryl methyl sites for hydroxylation is 1. The first kappa shape index (κ1) is 14.6. The minimum Gasteiger partial charge on any atom is -0.397 e. The van der Waals surface area contributed by atoms with Crippen LogP contribution in [0.4, 0.5) is 5.69 Å². The van der Waals surface area contributed by atoms with Crippen molar-refractivity contribution in [2.75, 3.05) is 18.8 Å². The highest BCUT2D eigenvalue weighted by molar-refractivity contribution is 7.89. The summed E-state index contributed by atoms with van der Waals surface area (Å²) < 4.78 is 26.2. The van der Waals surface area contributed by atoms with Crippen molar-refractivity contribution in [2.45, 2.75) is 30.8 Å². The van der Waals surface area contributed by atoms with Crippen LogP contribution >= 0.6 is 11.6 Å². The highest BCUT2D eigenvalue weighted by atomic mass is 35.5. The SMILES string of the molecule is Cc1cc(S(=O)(=O)N2CCC[C@H](O)C2)cc(N)c1Cl. The van der Waals surface area contributed by atoms with E-state index in [2.05, 4.69) is 0 Å².